The molecule has 4 aromatic rings. The van der Waals surface area contributed by atoms with Crippen LogP contribution in [-0.4, -0.2) is 50.3 Å². The number of halogens is 8. The van der Waals surface area contributed by atoms with E-state index in [4.69, 9.17) is 0 Å². The number of rotatable bonds is 13. The predicted octanol–water partition coefficient (Wildman–Crippen LogP) is 8.34. The van der Waals surface area contributed by atoms with Crippen LogP contribution in [0.25, 0.3) is 0 Å². The smallest absolute Gasteiger partial charge is 0.416 e. The minimum absolute atomic E-state index is 0.0223. The highest BCUT2D eigenvalue weighted by Gasteiger charge is 2.41. The van der Waals surface area contributed by atoms with Crippen molar-refractivity contribution >= 4 is 33.3 Å². The normalized spacial score (nSPS) is 14.7. The van der Waals surface area contributed by atoms with Gasteiger partial charge in [-0.1, -0.05) is 36.4 Å². The van der Waals surface area contributed by atoms with E-state index in [-0.39, 0.29) is 39.6 Å². The minimum Gasteiger partial charge on any atom is -0.478 e. The van der Waals surface area contributed by atoms with Crippen molar-refractivity contribution in [2.75, 3.05) is 30.4 Å². The van der Waals surface area contributed by atoms with E-state index in [1.807, 2.05) is 12.1 Å². The fourth-order valence-corrected chi connectivity index (χ4v) is 7.88. The first kappa shape index (κ1) is 39.7. The minimum atomic E-state index is -6.00. The fraction of sp³-hybridized carbons (Fsp3) is 0.316. The Balaban J connectivity index is 1.51. The maximum atomic E-state index is 15.1. The van der Waals surface area contributed by atoms with Gasteiger partial charge in [-0.05, 0) is 84.0 Å². The molecule has 0 bridgehead atoms. The molecular weight excluding hydrogens is 762 g/mol. The van der Waals surface area contributed by atoms with Crippen LogP contribution in [-0.2, 0) is 34.1 Å². The Labute approximate surface area is 310 Å². The second-order valence-corrected chi connectivity index (χ2v) is 15.6. The van der Waals surface area contributed by atoms with Gasteiger partial charge in [0.2, 0.25) is 21.7 Å². The summed E-state index contributed by atoms with van der Waals surface area (Å²) in [6, 6.07) is 13.0. The molecule has 292 valence electrons. The summed E-state index contributed by atoms with van der Waals surface area (Å²) in [5.41, 5.74) is 0.363. The number of carbonyl (C=O) groups is 2. The zero-order chi connectivity index (χ0) is 40.1. The summed E-state index contributed by atoms with van der Waals surface area (Å²) >= 11 is 0. The van der Waals surface area contributed by atoms with Gasteiger partial charge in [-0.25, -0.2) is 35.2 Å². The zero-order valence-electron chi connectivity index (χ0n) is 29.2. The molecule has 0 heterocycles. The molecule has 0 spiro atoms. The van der Waals surface area contributed by atoms with Crippen LogP contribution in [0.5, 0.6) is 0 Å². The second-order valence-electron chi connectivity index (χ2n) is 13.8. The summed E-state index contributed by atoms with van der Waals surface area (Å²) in [4.78, 5) is 26.6. The Morgan fingerprint density at radius 1 is 0.745 bits per heavy atom. The zero-order valence-corrected chi connectivity index (χ0v) is 30.0. The number of hydrogen-bond acceptors (Lipinski definition) is 5. The largest absolute Gasteiger partial charge is 0.478 e. The number of hydrogen-bond donors (Lipinski definition) is 1. The molecule has 17 heteroatoms. The lowest BCUT2D eigenvalue weighted by atomic mass is 9.99. The molecule has 8 nitrogen and oxygen atoms in total. The average molecular weight is 796 g/mol. The van der Waals surface area contributed by atoms with Gasteiger partial charge >= 0.3 is 12.1 Å². The summed E-state index contributed by atoms with van der Waals surface area (Å²) in [7, 11) is -2.94. The molecule has 2 saturated carbocycles. The number of sulfonamides is 1. The molecule has 6 rings (SSSR count). The lowest BCUT2D eigenvalue weighted by molar-refractivity contribution is -0.138. The number of anilines is 2. The summed E-state index contributed by atoms with van der Waals surface area (Å²) in [5.74, 6) is -15.5. The molecule has 55 heavy (non-hydrogen) atoms. The first-order chi connectivity index (χ1) is 25.8. The number of carboxylic acid groups (broad SMARTS) is 1. The van der Waals surface area contributed by atoms with Crippen molar-refractivity contribution in [2.24, 2.45) is 0 Å². The Hall–Kier alpha value is -5.03. The Bertz CT molecular complexity index is 2230. The van der Waals surface area contributed by atoms with Crippen molar-refractivity contribution in [3.63, 3.8) is 0 Å². The van der Waals surface area contributed by atoms with Crippen molar-refractivity contribution in [2.45, 2.75) is 61.7 Å². The molecule has 0 saturated heterocycles. The van der Waals surface area contributed by atoms with Crippen molar-refractivity contribution in [3.05, 3.63) is 123 Å². The van der Waals surface area contributed by atoms with E-state index in [9.17, 15) is 49.5 Å². The lowest BCUT2D eigenvalue weighted by Crippen LogP contribution is -2.43. The monoisotopic (exact) mass is 795 g/mol. The summed E-state index contributed by atoms with van der Waals surface area (Å²) in [6.07, 6.45) is -1.36. The van der Waals surface area contributed by atoms with Gasteiger partial charge in [0.1, 0.15) is 0 Å². The predicted molar refractivity (Wildman–Crippen MR) is 185 cm³/mol. The number of benzene rings is 4. The molecule has 2 aliphatic rings. The third kappa shape index (κ3) is 8.17. The first-order valence-corrected chi connectivity index (χ1v) is 18.4. The molecular formula is C38H33F8N3O5S. The van der Waals surface area contributed by atoms with Crippen LogP contribution in [0.1, 0.15) is 75.7 Å². The average Bonchev–Trinajstić information content (AvgIpc) is 4.05. The molecule has 0 aromatic heterocycles. The SMILES string of the molecule is CN(C)c1cc(C(=O)O)ccc1N(Cc1cc(C2CC2)cc(C2CC2)c1)C(=O)CN(Cc1ccccc1C(F)(F)F)S(=O)(=O)c1c(F)c(F)c(F)c(F)c1F. The van der Waals surface area contributed by atoms with Gasteiger partial charge < -0.3 is 14.9 Å². The lowest BCUT2D eigenvalue weighted by Gasteiger charge is -2.31. The van der Waals surface area contributed by atoms with Crippen molar-refractivity contribution in [1.29, 1.82) is 0 Å². The Morgan fingerprint density at radius 2 is 1.29 bits per heavy atom. The summed E-state index contributed by atoms with van der Waals surface area (Å²) in [5, 5.41) is 9.69. The van der Waals surface area contributed by atoms with E-state index in [1.165, 1.54) is 37.2 Å². The molecule has 4 aromatic carbocycles. The Morgan fingerprint density at radius 3 is 1.80 bits per heavy atom. The van der Waals surface area contributed by atoms with Gasteiger partial charge in [0.25, 0.3) is 0 Å². The van der Waals surface area contributed by atoms with Crippen molar-refractivity contribution < 1.29 is 58.2 Å². The van der Waals surface area contributed by atoms with Gasteiger partial charge in [0, 0.05) is 20.6 Å². The highest BCUT2D eigenvalue weighted by molar-refractivity contribution is 7.89. The summed E-state index contributed by atoms with van der Waals surface area (Å²) < 4.78 is 143. The molecule has 0 radical (unpaired) electrons. The van der Waals surface area contributed by atoms with E-state index >= 15 is 8.78 Å². The quantitative estimate of drug-likeness (QED) is 0.0831. The van der Waals surface area contributed by atoms with Gasteiger partial charge in [-0.15, -0.1) is 0 Å². The van der Waals surface area contributed by atoms with Gasteiger partial charge in [-0.3, -0.25) is 4.79 Å². The third-order valence-corrected chi connectivity index (χ3v) is 11.3. The van der Waals surface area contributed by atoms with Crippen LogP contribution < -0.4 is 9.80 Å². The maximum Gasteiger partial charge on any atom is 0.416 e. The van der Waals surface area contributed by atoms with Crippen LogP contribution >= 0.6 is 0 Å². The van der Waals surface area contributed by atoms with E-state index in [2.05, 4.69) is 6.07 Å². The molecule has 2 fully saturated rings. The van der Waals surface area contributed by atoms with Gasteiger partial charge in [0.15, 0.2) is 28.2 Å². The molecule has 1 N–H and O–H groups in total. The van der Waals surface area contributed by atoms with E-state index in [0.717, 1.165) is 59.9 Å². The van der Waals surface area contributed by atoms with Crippen molar-refractivity contribution in [3.8, 4) is 0 Å². The van der Waals surface area contributed by atoms with Crippen molar-refractivity contribution in [1.82, 2.24) is 4.31 Å². The maximum absolute atomic E-state index is 15.1. The molecule has 0 atom stereocenters. The standard InChI is InChI=1S/C38H33F8N3O5S/c1-47(2)29-16-23(37(51)52)11-12-28(29)49(17-20-13-25(21-7-8-21)15-26(14-20)22-9-10-22)30(50)19-48(18-24-5-3-4-6-27(24)38(44,45)46)55(53,54)36-34(42)32(40)31(39)33(41)35(36)43/h3-6,11-16,21-22H,7-10,17-19H2,1-2H3,(H,51,52). The van der Waals surface area contributed by atoms with Crippen LogP contribution in [0.4, 0.5) is 46.5 Å². The van der Waals surface area contributed by atoms with Gasteiger partial charge in [0.05, 0.1) is 35.6 Å². The number of aromatic carboxylic acids is 1. The second kappa shape index (κ2) is 14.9. The number of amides is 1. The molecule has 1 amide bonds. The summed E-state index contributed by atoms with van der Waals surface area (Å²) in [6.45, 7) is -3.14. The van der Waals surface area contributed by atoms with Crippen LogP contribution in [0.15, 0.2) is 65.6 Å². The van der Waals surface area contributed by atoms with Gasteiger partial charge in [-0.2, -0.15) is 17.5 Å². The third-order valence-electron chi connectivity index (χ3n) is 9.52. The van der Waals surface area contributed by atoms with Crippen LogP contribution in [0.3, 0.4) is 0 Å². The fourth-order valence-electron chi connectivity index (χ4n) is 6.40. The highest BCUT2D eigenvalue weighted by atomic mass is 32.2. The molecule has 0 aliphatic heterocycles. The molecule has 2 aliphatic carbocycles. The van der Waals surface area contributed by atoms with Crippen LogP contribution in [0, 0.1) is 29.1 Å². The molecule has 0 unspecified atom stereocenters. The number of carboxylic acids is 1. The number of carbonyl (C=O) groups excluding carboxylic acids is 1. The van der Waals surface area contributed by atoms with E-state index in [1.54, 1.807) is 0 Å². The first-order valence-electron chi connectivity index (χ1n) is 16.9. The van der Waals surface area contributed by atoms with E-state index in [0.29, 0.717) is 11.6 Å². The topological polar surface area (TPSA) is 98.2 Å². The Kier molecular flexibility index (Phi) is 10.7. The van der Waals surface area contributed by atoms with E-state index < -0.39 is 86.3 Å². The number of nitrogens with zero attached hydrogens (tertiary/aromatic N) is 3. The highest BCUT2D eigenvalue weighted by Crippen LogP contribution is 2.46. The number of alkyl halides is 3. The van der Waals surface area contributed by atoms with Crippen LogP contribution in [0.2, 0.25) is 0 Å².